The molecule has 1 unspecified atom stereocenters. The van der Waals surface area contributed by atoms with Crippen molar-refractivity contribution in [2.75, 3.05) is 18.4 Å². The number of imidazole rings is 2. The fraction of sp³-hybridized carbons (Fsp3) is 0.491. The second-order valence-corrected chi connectivity index (χ2v) is 21.9. The van der Waals surface area contributed by atoms with Gasteiger partial charge in [0.1, 0.15) is 17.3 Å². The van der Waals surface area contributed by atoms with Gasteiger partial charge in [0.15, 0.2) is 0 Å². The van der Waals surface area contributed by atoms with E-state index in [0.29, 0.717) is 84.6 Å². The number of halogens is 3. The van der Waals surface area contributed by atoms with E-state index in [2.05, 4.69) is 26.1 Å². The summed E-state index contributed by atoms with van der Waals surface area (Å²) in [5.41, 5.74) is 1.65. The molecule has 3 N–H and O–H groups in total. The van der Waals surface area contributed by atoms with Gasteiger partial charge in [0, 0.05) is 72.9 Å². The Balaban J connectivity index is 0.745. The van der Waals surface area contributed by atoms with Crippen LogP contribution in [0.3, 0.4) is 0 Å². The smallest absolute Gasteiger partial charge is 0.329 e. The molecule has 4 aliphatic heterocycles. The van der Waals surface area contributed by atoms with Gasteiger partial charge in [-0.3, -0.25) is 43.3 Å². The van der Waals surface area contributed by atoms with Gasteiger partial charge in [0.05, 0.1) is 40.5 Å². The minimum absolute atomic E-state index is 0.0625. The van der Waals surface area contributed by atoms with E-state index in [1.165, 1.54) is 26.0 Å². The SMILES string of the molecule is Cn1c(CN2C(=O)CCC(n3c(=O)n(C)c4cc(C5CCN(C(=O)C6CCC(NC(=O)[C@@H]7NC8(CCCCC8)[C@@]8(C(=O)Nc9cc(Cl)ccc98)[C@H]7c7cccc(Cl)c7F)CC6)CC5)ccc43)C2=O)cnc1N=O. The molecule has 5 amide bonds. The summed E-state index contributed by atoms with van der Waals surface area (Å²) in [6, 6.07) is 13.8. The standard InChI is InChI=1S/C53H57Cl2FN10O7/c1-62-34(27-57-50(62)61-73)28-65-42(67)18-17-40(48(65)70)66-39-16-11-31(25-41(39)63(2)51(66)72)29-19-23-64(24-20-29)47(69)30-9-13-33(14-10-30)58-46(68)45-43(35-7-6-8-37(55)44(35)56)53(52(60-45)21-4-3-5-22-52)36-15-12-32(54)26-38(36)59-49(53)71/h6-8,11-12,15-16,25-27,29-30,33,40,43,45,60H,3-5,9-10,13-14,17-24,28H2,1-2H3,(H,58,68)(H,59,71)/t30?,33?,40?,43-,45+,53+/m0/s1. The number of benzene rings is 3. The van der Waals surface area contributed by atoms with Crippen molar-refractivity contribution in [3.8, 4) is 0 Å². The van der Waals surface area contributed by atoms with Crippen LogP contribution in [0.25, 0.3) is 11.0 Å². The number of aromatic nitrogens is 4. The summed E-state index contributed by atoms with van der Waals surface area (Å²) in [4.78, 5) is 103. The molecule has 2 aliphatic carbocycles. The van der Waals surface area contributed by atoms with Crippen LogP contribution in [-0.2, 0) is 50.0 Å². The number of aryl methyl sites for hydroxylation is 1. The first kappa shape index (κ1) is 49.0. The van der Waals surface area contributed by atoms with Crippen LogP contribution in [0, 0.1) is 16.6 Å². The number of nitrogens with zero attached hydrogens (tertiary/aromatic N) is 7. The molecule has 4 atom stereocenters. The normalized spacial score (nSPS) is 26.2. The highest BCUT2D eigenvalue weighted by molar-refractivity contribution is 6.31. The summed E-state index contributed by atoms with van der Waals surface area (Å²) in [6.45, 7) is 1.03. The van der Waals surface area contributed by atoms with Crippen molar-refractivity contribution in [2.45, 2.75) is 131 Å². The van der Waals surface area contributed by atoms with Gasteiger partial charge in [-0.05, 0) is 111 Å². The molecule has 3 aromatic carbocycles. The van der Waals surface area contributed by atoms with Gasteiger partial charge in [0.2, 0.25) is 23.6 Å². The maximum atomic E-state index is 16.4. The maximum absolute atomic E-state index is 16.4. The van der Waals surface area contributed by atoms with Crippen LogP contribution in [0.2, 0.25) is 10.0 Å². The van der Waals surface area contributed by atoms with E-state index < -0.39 is 40.7 Å². The number of rotatable bonds is 9. The number of carbonyl (C=O) groups excluding carboxylic acids is 5. The molecule has 11 rings (SSSR count). The molecule has 0 bridgehead atoms. The van der Waals surface area contributed by atoms with Crippen LogP contribution in [0.1, 0.15) is 124 Å². The van der Waals surface area contributed by atoms with Gasteiger partial charge < -0.3 is 20.1 Å². The van der Waals surface area contributed by atoms with E-state index in [1.54, 1.807) is 38.4 Å². The molecule has 73 heavy (non-hydrogen) atoms. The van der Waals surface area contributed by atoms with Gasteiger partial charge >= 0.3 is 5.69 Å². The van der Waals surface area contributed by atoms with Crippen LogP contribution >= 0.6 is 23.2 Å². The second kappa shape index (κ2) is 18.9. The van der Waals surface area contributed by atoms with Crippen molar-refractivity contribution < 1.29 is 28.4 Å². The molecule has 2 saturated carbocycles. The number of piperidine rings is 2. The predicted octanol–water partition coefficient (Wildman–Crippen LogP) is 7.54. The van der Waals surface area contributed by atoms with Crippen molar-refractivity contribution in [1.82, 2.24) is 39.1 Å². The molecular formula is C53H57Cl2FN10O7. The number of carbonyl (C=O) groups is 5. The Morgan fingerprint density at radius 2 is 1.64 bits per heavy atom. The lowest BCUT2D eigenvalue weighted by molar-refractivity contribution is -0.152. The Morgan fingerprint density at radius 1 is 0.890 bits per heavy atom. The lowest BCUT2D eigenvalue weighted by Crippen LogP contribution is -2.60. The first-order chi connectivity index (χ1) is 35.1. The first-order valence-electron chi connectivity index (χ1n) is 25.5. The maximum Gasteiger partial charge on any atom is 0.329 e. The van der Waals surface area contributed by atoms with Crippen LogP contribution in [0.15, 0.2) is 70.8 Å². The summed E-state index contributed by atoms with van der Waals surface area (Å²) < 4.78 is 20.8. The molecule has 0 radical (unpaired) electrons. The van der Waals surface area contributed by atoms with Crippen molar-refractivity contribution in [3.63, 3.8) is 0 Å². The highest BCUT2D eigenvalue weighted by Crippen LogP contribution is 2.63. The lowest BCUT2D eigenvalue weighted by Gasteiger charge is -2.47. The topological polar surface area (TPSA) is 202 Å². The number of imide groups is 1. The number of anilines is 1. The third kappa shape index (κ3) is 7.92. The predicted molar refractivity (Wildman–Crippen MR) is 271 cm³/mol. The highest BCUT2D eigenvalue weighted by atomic mass is 35.5. The average molecular weight is 1040 g/mol. The lowest BCUT2D eigenvalue weighted by atomic mass is 9.55. The number of hydrogen-bond donors (Lipinski definition) is 3. The van der Waals surface area contributed by atoms with Crippen LogP contribution in [0.4, 0.5) is 16.0 Å². The fourth-order valence-corrected chi connectivity index (χ4v) is 14.0. The van der Waals surface area contributed by atoms with Crippen LogP contribution in [0.5, 0.6) is 0 Å². The van der Waals surface area contributed by atoms with Crippen LogP contribution in [-0.4, -0.2) is 88.7 Å². The second-order valence-electron chi connectivity index (χ2n) is 21.0. The zero-order valence-corrected chi connectivity index (χ0v) is 42.2. The van der Waals surface area contributed by atoms with Crippen LogP contribution < -0.4 is 21.6 Å². The zero-order valence-electron chi connectivity index (χ0n) is 40.7. The van der Waals surface area contributed by atoms with E-state index >= 15 is 4.39 Å². The Hall–Kier alpha value is -6.24. The summed E-state index contributed by atoms with van der Waals surface area (Å²) in [7, 11) is 3.25. The number of nitrogens with one attached hydrogen (secondary N) is 3. The van der Waals surface area contributed by atoms with Gasteiger partial charge in [-0.25, -0.2) is 14.2 Å². The molecule has 20 heteroatoms. The third-order valence-electron chi connectivity index (χ3n) is 17.4. The molecule has 6 aliphatic rings. The van der Waals surface area contributed by atoms with E-state index in [9.17, 15) is 33.7 Å². The van der Waals surface area contributed by atoms with Crippen molar-refractivity contribution in [3.05, 3.63) is 114 Å². The number of likely N-dealkylation sites (tertiary alicyclic amines) is 2. The van der Waals surface area contributed by atoms with E-state index in [4.69, 9.17) is 23.2 Å². The van der Waals surface area contributed by atoms with Gasteiger partial charge in [-0.2, -0.15) is 0 Å². The van der Waals surface area contributed by atoms with Crippen molar-refractivity contribution >= 4 is 75.4 Å². The molecule has 382 valence electrons. The van der Waals surface area contributed by atoms with Gasteiger partial charge in [0.25, 0.3) is 11.9 Å². The summed E-state index contributed by atoms with van der Waals surface area (Å²) in [6.07, 6.45) is 9.35. The van der Waals surface area contributed by atoms with Crippen molar-refractivity contribution in [1.29, 1.82) is 0 Å². The third-order valence-corrected chi connectivity index (χ3v) is 17.9. The number of amides is 5. The van der Waals surface area contributed by atoms with E-state index in [0.717, 1.165) is 42.6 Å². The summed E-state index contributed by atoms with van der Waals surface area (Å²) in [5, 5.41) is 13.3. The summed E-state index contributed by atoms with van der Waals surface area (Å²) in [5.74, 6) is -3.11. The molecule has 2 aromatic heterocycles. The largest absolute Gasteiger partial charge is 0.352 e. The number of fused-ring (bicyclic) bond motifs is 4. The molecule has 5 aromatic rings. The van der Waals surface area contributed by atoms with E-state index in [-0.39, 0.29) is 83.1 Å². The summed E-state index contributed by atoms with van der Waals surface area (Å²) >= 11 is 12.9. The molecular weight excluding hydrogens is 979 g/mol. The van der Waals surface area contributed by atoms with E-state index in [1.807, 2.05) is 29.2 Å². The minimum Gasteiger partial charge on any atom is -0.352 e. The Labute approximate surface area is 430 Å². The fourth-order valence-electron chi connectivity index (χ4n) is 13.7. The number of nitroso groups, excluding NO2 is 1. The molecule has 6 heterocycles. The molecule has 3 saturated heterocycles. The Bertz CT molecular complexity index is 3170. The zero-order chi connectivity index (χ0) is 51.1. The molecule has 5 fully saturated rings. The molecule has 2 spiro atoms. The highest BCUT2D eigenvalue weighted by Gasteiger charge is 2.72. The Kier molecular flexibility index (Phi) is 12.7. The number of hydrogen-bond acceptors (Lipinski definition) is 10. The van der Waals surface area contributed by atoms with Crippen molar-refractivity contribution in [2.24, 2.45) is 25.2 Å². The first-order valence-corrected chi connectivity index (χ1v) is 26.2. The monoisotopic (exact) mass is 1030 g/mol. The quantitative estimate of drug-likeness (QED) is 0.0985. The van der Waals surface area contributed by atoms with Gasteiger partial charge in [-0.15, -0.1) is 4.91 Å². The minimum atomic E-state index is -1.33. The Morgan fingerprint density at radius 3 is 2.37 bits per heavy atom. The average Bonchev–Trinajstić information content (AvgIpc) is 4.07. The molecule has 17 nitrogen and oxygen atoms in total. The van der Waals surface area contributed by atoms with Gasteiger partial charge in [-0.1, -0.05) is 66.7 Å².